The summed E-state index contributed by atoms with van der Waals surface area (Å²) in [6.07, 6.45) is 4.34. The fraction of sp³-hybridized carbons (Fsp3) is 0.273. The van der Waals surface area contributed by atoms with Crippen LogP contribution in [-0.4, -0.2) is 23.1 Å². The molecule has 1 aromatic heterocycles. The molecule has 3 aromatic rings. The van der Waals surface area contributed by atoms with Crippen LogP contribution in [0.1, 0.15) is 45.7 Å². The molecular weight excluding hydrogens is 340 g/mol. The third kappa shape index (κ3) is 3.33. The lowest BCUT2D eigenvalue weighted by atomic mass is 9.95. The molecule has 0 fully saturated rings. The minimum Gasteiger partial charge on any atom is -0.462 e. The molecular formula is C22H22N2O3. The van der Waals surface area contributed by atoms with Crippen LogP contribution in [0.25, 0.3) is 10.9 Å². The molecule has 5 heteroatoms. The number of nitrogens with zero attached hydrogens (tertiary/aromatic N) is 1. The number of nitrogen functional groups attached to an aromatic ring is 1. The highest BCUT2D eigenvalue weighted by atomic mass is 16.5. The van der Waals surface area contributed by atoms with Crippen LogP contribution in [0, 0.1) is 0 Å². The van der Waals surface area contributed by atoms with Gasteiger partial charge in [0.1, 0.15) is 6.61 Å². The molecule has 4 rings (SSSR count). The SMILES string of the molecule is Nc1cccc(C(=O)OCCC(=O)n2c3c(c4ccccc42)CCCC3)c1. The molecule has 0 bridgehead atoms. The lowest BCUT2D eigenvalue weighted by Crippen LogP contribution is -2.19. The number of carbonyl (C=O) groups is 2. The average molecular weight is 362 g/mol. The van der Waals surface area contributed by atoms with Gasteiger partial charge in [0.05, 0.1) is 17.5 Å². The molecule has 138 valence electrons. The van der Waals surface area contributed by atoms with Crippen molar-refractivity contribution in [1.82, 2.24) is 4.57 Å². The van der Waals surface area contributed by atoms with Gasteiger partial charge < -0.3 is 10.5 Å². The average Bonchev–Trinajstić information content (AvgIpc) is 3.02. The zero-order valence-electron chi connectivity index (χ0n) is 15.1. The normalized spacial score (nSPS) is 13.3. The highest BCUT2D eigenvalue weighted by Crippen LogP contribution is 2.32. The monoisotopic (exact) mass is 362 g/mol. The summed E-state index contributed by atoms with van der Waals surface area (Å²) in [7, 11) is 0. The first-order chi connectivity index (χ1) is 13.1. The van der Waals surface area contributed by atoms with Crippen molar-refractivity contribution in [2.45, 2.75) is 32.1 Å². The molecule has 0 spiro atoms. The molecule has 1 aliphatic rings. The van der Waals surface area contributed by atoms with Gasteiger partial charge in [-0.25, -0.2) is 4.79 Å². The van der Waals surface area contributed by atoms with Crippen LogP contribution in [0.5, 0.6) is 0 Å². The van der Waals surface area contributed by atoms with E-state index < -0.39 is 5.97 Å². The van der Waals surface area contributed by atoms with E-state index in [0.717, 1.165) is 42.3 Å². The number of hydrogen-bond donors (Lipinski definition) is 1. The summed E-state index contributed by atoms with van der Waals surface area (Å²) in [5.41, 5.74) is 9.96. The number of rotatable bonds is 4. The summed E-state index contributed by atoms with van der Waals surface area (Å²) < 4.78 is 7.11. The third-order valence-corrected chi connectivity index (χ3v) is 5.10. The van der Waals surface area contributed by atoms with Gasteiger partial charge in [-0.15, -0.1) is 0 Å². The molecule has 0 saturated heterocycles. The number of hydrogen-bond acceptors (Lipinski definition) is 4. The van der Waals surface area contributed by atoms with Crippen molar-refractivity contribution in [1.29, 1.82) is 0 Å². The number of fused-ring (bicyclic) bond motifs is 3. The molecule has 5 nitrogen and oxygen atoms in total. The van der Waals surface area contributed by atoms with Crippen LogP contribution in [0.2, 0.25) is 0 Å². The number of aryl methyl sites for hydroxylation is 1. The molecule has 1 aliphatic carbocycles. The lowest BCUT2D eigenvalue weighted by Gasteiger charge is -2.15. The van der Waals surface area contributed by atoms with E-state index in [1.54, 1.807) is 24.3 Å². The Morgan fingerprint density at radius 2 is 1.85 bits per heavy atom. The van der Waals surface area contributed by atoms with Crippen molar-refractivity contribution < 1.29 is 14.3 Å². The Morgan fingerprint density at radius 3 is 2.70 bits per heavy atom. The van der Waals surface area contributed by atoms with Gasteiger partial charge in [0.15, 0.2) is 0 Å². The van der Waals surface area contributed by atoms with Gasteiger partial charge >= 0.3 is 5.97 Å². The van der Waals surface area contributed by atoms with Crippen molar-refractivity contribution in [3.63, 3.8) is 0 Å². The number of para-hydroxylation sites is 1. The fourth-order valence-corrected chi connectivity index (χ4v) is 3.87. The first-order valence-electron chi connectivity index (χ1n) is 9.32. The first kappa shape index (κ1) is 17.3. The van der Waals surface area contributed by atoms with Crippen molar-refractivity contribution in [2.24, 2.45) is 0 Å². The second-order valence-corrected chi connectivity index (χ2v) is 6.89. The largest absolute Gasteiger partial charge is 0.462 e. The van der Waals surface area contributed by atoms with Gasteiger partial charge in [-0.05, 0) is 55.5 Å². The Kier molecular flexibility index (Phi) is 4.67. The number of benzene rings is 2. The van der Waals surface area contributed by atoms with E-state index in [0.29, 0.717) is 11.3 Å². The predicted octanol–water partition coefficient (Wildman–Crippen LogP) is 3.99. The van der Waals surface area contributed by atoms with Crippen LogP contribution in [-0.2, 0) is 17.6 Å². The zero-order chi connectivity index (χ0) is 18.8. The van der Waals surface area contributed by atoms with E-state index in [9.17, 15) is 9.59 Å². The number of nitrogens with two attached hydrogens (primary N) is 1. The van der Waals surface area contributed by atoms with E-state index in [4.69, 9.17) is 10.5 Å². The Hall–Kier alpha value is -3.08. The quantitative estimate of drug-likeness (QED) is 0.562. The summed E-state index contributed by atoms with van der Waals surface area (Å²) in [6, 6.07) is 14.7. The fourth-order valence-electron chi connectivity index (χ4n) is 3.87. The summed E-state index contributed by atoms with van der Waals surface area (Å²) in [4.78, 5) is 25.0. The predicted molar refractivity (Wildman–Crippen MR) is 105 cm³/mol. The maximum absolute atomic E-state index is 12.9. The number of anilines is 1. The van der Waals surface area contributed by atoms with E-state index in [-0.39, 0.29) is 18.9 Å². The van der Waals surface area contributed by atoms with Crippen LogP contribution in [0.4, 0.5) is 5.69 Å². The summed E-state index contributed by atoms with van der Waals surface area (Å²) in [6.45, 7) is 0.0494. The molecule has 0 aliphatic heterocycles. The van der Waals surface area contributed by atoms with Gasteiger partial charge in [0, 0.05) is 16.8 Å². The standard InChI is InChI=1S/C22H22N2O3/c23-16-7-5-6-15(14-16)22(26)27-13-12-21(25)24-19-10-3-1-8-17(19)18-9-2-4-11-20(18)24/h1,3,5-8,10,14H,2,4,9,11-13,23H2. The Balaban J connectivity index is 1.50. The topological polar surface area (TPSA) is 74.3 Å². The van der Waals surface area contributed by atoms with Crippen molar-refractivity contribution >= 4 is 28.5 Å². The second kappa shape index (κ2) is 7.27. The molecule has 0 radical (unpaired) electrons. The summed E-state index contributed by atoms with van der Waals surface area (Å²) in [5, 5.41) is 1.16. The molecule has 0 atom stereocenters. The van der Waals surface area contributed by atoms with Crippen molar-refractivity contribution in [3.05, 3.63) is 65.4 Å². The number of aromatic nitrogens is 1. The third-order valence-electron chi connectivity index (χ3n) is 5.10. The van der Waals surface area contributed by atoms with Gasteiger partial charge in [0.25, 0.3) is 0 Å². The highest BCUT2D eigenvalue weighted by molar-refractivity contribution is 5.96. The molecule has 0 amide bonds. The lowest BCUT2D eigenvalue weighted by molar-refractivity contribution is 0.0489. The molecule has 27 heavy (non-hydrogen) atoms. The van der Waals surface area contributed by atoms with Gasteiger partial charge in [-0.1, -0.05) is 24.3 Å². The molecule has 2 aromatic carbocycles. The van der Waals surface area contributed by atoms with Crippen molar-refractivity contribution in [2.75, 3.05) is 12.3 Å². The molecule has 2 N–H and O–H groups in total. The van der Waals surface area contributed by atoms with Crippen LogP contribution in [0.15, 0.2) is 48.5 Å². The molecule has 1 heterocycles. The van der Waals surface area contributed by atoms with E-state index in [1.807, 2.05) is 22.8 Å². The number of ether oxygens (including phenoxy) is 1. The van der Waals surface area contributed by atoms with E-state index in [2.05, 4.69) is 6.07 Å². The Morgan fingerprint density at radius 1 is 1.04 bits per heavy atom. The van der Waals surface area contributed by atoms with Crippen LogP contribution in [0.3, 0.4) is 0 Å². The van der Waals surface area contributed by atoms with Crippen molar-refractivity contribution in [3.8, 4) is 0 Å². The Labute approximate surface area is 157 Å². The number of carbonyl (C=O) groups excluding carboxylic acids is 2. The maximum Gasteiger partial charge on any atom is 0.338 e. The zero-order valence-corrected chi connectivity index (χ0v) is 15.1. The van der Waals surface area contributed by atoms with E-state index in [1.165, 1.54) is 5.56 Å². The van der Waals surface area contributed by atoms with Gasteiger partial charge in [0.2, 0.25) is 5.91 Å². The summed E-state index contributed by atoms with van der Waals surface area (Å²) >= 11 is 0. The first-order valence-corrected chi connectivity index (χ1v) is 9.32. The summed E-state index contributed by atoms with van der Waals surface area (Å²) in [5.74, 6) is -0.496. The second-order valence-electron chi connectivity index (χ2n) is 6.89. The number of esters is 1. The smallest absolute Gasteiger partial charge is 0.338 e. The minimum absolute atomic E-state index is 0.0327. The molecule has 0 saturated carbocycles. The maximum atomic E-state index is 12.9. The molecule has 0 unspecified atom stereocenters. The Bertz CT molecular complexity index is 1020. The highest BCUT2D eigenvalue weighted by Gasteiger charge is 2.23. The minimum atomic E-state index is -0.463. The van der Waals surface area contributed by atoms with Crippen LogP contribution >= 0.6 is 0 Å². The van der Waals surface area contributed by atoms with Crippen LogP contribution < -0.4 is 5.73 Å². The van der Waals surface area contributed by atoms with Gasteiger partial charge in [-0.3, -0.25) is 9.36 Å². The van der Waals surface area contributed by atoms with E-state index >= 15 is 0 Å². The van der Waals surface area contributed by atoms with Gasteiger partial charge in [-0.2, -0.15) is 0 Å².